The van der Waals surface area contributed by atoms with Crippen LogP contribution in [0.1, 0.15) is 0 Å². The SMILES string of the molecule is Fc1cccc(F)c1Nc1ccccc1-c1ccccc1. The third-order valence-electron chi connectivity index (χ3n) is 3.23. The van der Waals surface area contributed by atoms with Crippen molar-refractivity contribution in [2.24, 2.45) is 0 Å². The van der Waals surface area contributed by atoms with Crippen molar-refractivity contribution >= 4 is 11.4 Å². The predicted molar refractivity (Wildman–Crippen MR) is 81.5 cm³/mol. The van der Waals surface area contributed by atoms with Gasteiger partial charge in [-0.25, -0.2) is 8.78 Å². The zero-order chi connectivity index (χ0) is 14.7. The maximum atomic E-state index is 13.8. The standard InChI is InChI=1S/C18H13F2N/c19-15-10-6-11-16(20)18(15)21-17-12-5-4-9-14(17)13-7-2-1-3-8-13/h1-12,21H. The van der Waals surface area contributed by atoms with Crippen molar-refractivity contribution in [1.29, 1.82) is 0 Å². The summed E-state index contributed by atoms with van der Waals surface area (Å²) in [6, 6.07) is 20.9. The van der Waals surface area contributed by atoms with Crippen LogP contribution in [0, 0.1) is 11.6 Å². The lowest BCUT2D eigenvalue weighted by Gasteiger charge is -2.13. The van der Waals surface area contributed by atoms with Gasteiger partial charge in [-0.05, 0) is 23.8 Å². The molecule has 3 rings (SSSR count). The van der Waals surface area contributed by atoms with Crippen LogP contribution in [0.2, 0.25) is 0 Å². The number of benzene rings is 3. The third kappa shape index (κ3) is 2.77. The minimum Gasteiger partial charge on any atom is -0.350 e. The molecular formula is C18H13F2N. The Bertz CT molecular complexity index is 734. The summed E-state index contributed by atoms with van der Waals surface area (Å²) in [6.45, 7) is 0. The van der Waals surface area contributed by atoms with E-state index >= 15 is 0 Å². The van der Waals surface area contributed by atoms with Crippen LogP contribution in [0.25, 0.3) is 11.1 Å². The van der Waals surface area contributed by atoms with Crippen LogP contribution >= 0.6 is 0 Å². The van der Waals surface area contributed by atoms with E-state index in [2.05, 4.69) is 5.32 Å². The molecule has 0 heterocycles. The van der Waals surface area contributed by atoms with Gasteiger partial charge in [-0.2, -0.15) is 0 Å². The number of para-hydroxylation sites is 2. The third-order valence-corrected chi connectivity index (χ3v) is 3.23. The molecular weight excluding hydrogens is 268 g/mol. The van der Waals surface area contributed by atoms with E-state index in [4.69, 9.17) is 0 Å². The van der Waals surface area contributed by atoms with Gasteiger partial charge in [-0.3, -0.25) is 0 Å². The molecule has 0 aliphatic heterocycles. The van der Waals surface area contributed by atoms with Gasteiger partial charge in [0, 0.05) is 11.3 Å². The fourth-order valence-corrected chi connectivity index (χ4v) is 2.21. The molecule has 3 heteroatoms. The molecule has 0 spiro atoms. The topological polar surface area (TPSA) is 12.0 Å². The van der Waals surface area contributed by atoms with Crippen molar-refractivity contribution < 1.29 is 8.78 Å². The van der Waals surface area contributed by atoms with Gasteiger partial charge in [-0.15, -0.1) is 0 Å². The summed E-state index contributed by atoms with van der Waals surface area (Å²) in [4.78, 5) is 0. The predicted octanol–water partition coefficient (Wildman–Crippen LogP) is 5.38. The number of halogens is 2. The van der Waals surface area contributed by atoms with Crippen LogP contribution < -0.4 is 5.32 Å². The highest BCUT2D eigenvalue weighted by atomic mass is 19.1. The highest BCUT2D eigenvalue weighted by Crippen LogP contribution is 2.31. The van der Waals surface area contributed by atoms with Gasteiger partial charge in [0.25, 0.3) is 0 Å². The second-order valence-corrected chi connectivity index (χ2v) is 4.63. The van der Waals surface area contributed by atoms with Gasteiger partial charge in [0.05, 0.1) is 0 Å². The molecule has 21 heavy (non-hydrogen) atoms. The second kappa shape index (κ2) is 5.75. The average molecular weight is 281 g/mol. The molecule has 0 fully saturated rings. The molecule has 0 aromatic heterocycles. The lowest BCUT2D eigenvalue weighted by atomic mass is 10.0. The second-order valence-electron chi connectivity index (χ2n) is 4.63. The van der Waals surface area contributed by atoms with Crippen LogP contribution in [-0.4, -0.2) is 0 Å². The number of nitrogens with one attached hydrogen (secondary N) is 1. The van der Waals surface area contributed by atoms with E-state index in [1.54, 1.807) is 6.07 Å². The Morgan fingerprint density at radius 3 is 1.95 bits per heavy atom. The molecule has 0 aliphatic carbocycles. The Hall–Kier alpha value is -2.68. The van der Waals surface area contributed by atoms with Crippen molar-refractivity contribution in [3.63, 3.8) is 0 Å². The quantitative estimate of drug-likeness (QED) is 0.680. The molecule has 1 N–H and O–H groups in total. The maximum Gasteiger partial charge on any atom is 0.149 e. The first kappa shape index (κ1) is 13.3. The fourth-order valence-electron chi connectivity index (χ4n) is 2.21. The summed E-state index contributed by atoms with van der Waals surface area (Å²) >= 11 is 0. The number of rotatable bonds is 3. The Morgan fingerprint density at radius 2 is 1.24 bits per heavy atom. The summed E-state index contributed by atoms with van der Waals surface area (Å²) in [6.07, 6.45) is 0. The highest BCUT2D eigenvalue weighted by molar-refractivity contribution is 5.81. The van der Waals surface area contributed by atoms with Crippen molar-refractivity contribution in [1.82, 2.24) is 0 Å². The Morgan fingerprint density at radius 1 is 0.619 bits per heavy atom. The summed E-state index contributed by atoms with van der Waals surface area (Å²) in [5.41, 5.74) is 2.40. The number of anilines is 2. The summed E-state index contributed by atoms with van der Waals surface area (Å²) < 4.78 is 27.5. The number of hydrogen-bond acceptors (Lipinski definition) is 1. The average Bonchev–Trinajstić information content (AvgIpc) is 2.52. The van der Waals surface area contributed by atoms with Crippen LogP contribution in [0.4, 0.5) is 20.2 Å². The Balaban J connectivity index is 2.05. The first-order chi connectivity index (χ1) is 10.3. The largest absolute Gasteiger partial charge is 0.350 e. The molecule has 3 aromatic carbocycles. The van der Waals surface area contributed by atoms with Crippen LogP contribution in [-0.2, 0) is 0 Å². The molecule has 0 aliphatic rings. The van der Waals surface area contributed by atoms with E-state index in [1.165, 1.54) is 18.2 Å². The highest BCUT2D eigenvalue weighted by Gasteiger charge is 2.11. The minimum atomic E-state index is -0.613. The van der Waals surface area contributed by atoms with E-state index in [0.29, 0.717) is 5.69 Å². The Kier molecular flexibility index (Phi) is 3.65. The molecule has 0 bridgehead atoms. The first-order valence-corrected chi connectivity index (χ1v) is 6.61. The molecule has 0 atom stereocenters. The molecule has 0 unspecified atom stereocenters. The Labute approximate surface area is 121 Å². The maximum absolute atomic E-state index is 13.8. The summed E-state index contributed by atoms with van der Waals surface area (Å²) in [5, 5.41) is 2.86. The zero-order valence-electron chi connectivity index (χ0n) is 11.2. The van der Waals surface area contributed by atoms with Crippen LogP contribution in [0.5, 0.6) is 0 Å². The number of hydrogen-bond donors (Lipinski definition) is 1. The molecule has 0 saturated carbocycles. The van der Waals surface area contributed by atoms with Crippen molar-refractivity contribution in [2.75, 3.05) is 5.32 Å². The van der Waals surface area contributed by atoms with Crippen molar-refractivity contribution in [2.45, 2.75) is 0 Å². The van der Waals surface area contributed by atoms with E-state index < -0.39 is 11.6 Å². The molecule has 0 saturated heterocycles. The van der Waals surface area contributed by atoms with Crippen molar-refractivity contribution in [3.05, 3.63) is 84.4 Å². The fraction of sp³-hybridized carbons (Fsp3) is 0. The van der Waals surface area contributed by atoms with Gasteiger partial charge in [0.1, 0.15) is 17.3 Å². The van der Waals surface area contributed by atoms with Gasteiger partial charge in [0.2, 0.25) is 0 Å². The zero-order valence-corrected chi connectivity index (χ0v) is 11.2. The minimum absolute atomic E-state index is 0.138. The van der Waals surface area contributed by atoms with E-state index in [1.807, 2.05) is 48.5 Å². The normalized spacial score (nSPS) is 10.4. The summed E-state index contributed by atoms with van der Waals surface area (Å²) in [7, 11) is 0. The van der Waals surface area contributed by atoms with Crippen LogP contribution in [0.3, 0.4) is 0 Å². The smallest absolute Gasteiger partial charge is 0.149 e. The van der Waals surface area contributed by atoms with Crippen LogP contribution in [0.15, 0.2) is 72.8 Å². The van der Waals surface area contributed by atoms with Gasteiger partial charge >= 0.3 is 0 Å². The lowest BCUT2D eigenvalue weighted by Crippen LogP contribution is -1.98. The molecule has 0 amide bonds. The molecule has 3 aromatic rings. The lowest BCUT2D eigenvalue weighted by molar-refractivity contribution is 0.591. The van der Waals surface area contributed by atoms with Crippen molar-refractivity contribution in [3.8, 4) is 11.1 Å². The molecule has 0 radical (unpaired) electrons. The summed E-state index contributed by atoms with van der Waals surface area (Å²) in [5.74, 6) is -1.23. The monoisotopic (exact) mass is 281 g/mol. The molecule has 1 nitrogen and oxygen atoms in total. The van der Waals surface area contributed by atoms with Gasteiger partial charge in [0.15, 0.2) is 0 Å². The van der Waals surface area contributed by atoms with Gasteiger partial charge < -0.3 is 5.32 Å². The van der Waals surface area contributed by atoms with E-state index in [0.717, 1.165) is 11.1 Å². The molecule has 104 valence electrons. The van der Waals surface area contributed by atoms with E-state index in [-0.39, 0.29) is 5.69 Å². The first-order valence-electron chi connectivity index (χ1n) is 6.61. The van der Waals surface area contributed by atoms with E-state index in [9.17, 15) is 8.78 Å². The van der Waals surface area contributed by atoms with Gasteiger partial charge in [-0.1, -0.05) is 54.6 Å².